The highest BCUT2D eigenvalue weighted by molar-refractivity contribution is 6.30. The van der Waals surface area contributed by atoms with Gasteiger partial charge in [-0.15, -0.1) is 0 Å². The van der Waals surface area contributed by atoms with Crippen molar-refractivity contribution in [3.8, 4) is 0 Å². The number of hydrogen-bond acceptors (Lipinski definition) is 3. The normalized spacial score (nSPS) is 30.1. The van der Waals surface area contributed by atoms with Crippen LogP contribution in [0.3, 0.4) is 0 Å². The molecule has 1 aromatic rings. The lowest BCUT2D eigenvalue weighted by molar-refractivity contribution is -0.152. The Morgan fingerprint density at radius 3 is 2.76 bits per heavy atom. The van der Waals surface area contributed by atoms with Crippen LogP contribution in [0.4, 0.5) is 0 Å². The summed E-state index contributed by atoms with van der Waals surface area (Å²) in [5.74, 6) is -1.32. The number of morpholine rings is 1. The lowest BCUT2D eigenvalue weighted by Crippen LogP contribution is -2.51. The van der Waals surface area contributed by atoms with Gasteiger partial charge < -0.3 is 14.7 Å². The van der Waals surface area contributed by atoms with E-state index in [-0.39, 0.29) is 24.0 Å². The largest absolute Gasteiger partial charge is 0.481 e. The Hall–Kier alpha value is -1.59. The zero-order valence-corrected chi connectivity index (χ0v) is 15.1. The fourth-order valence-corrected chi connectivity index (χ4v) is 4.04. The number of carbonyl (C=O) groups is 2. The molecule has 4 unspecified atom stereocenters. The number of amides is 1. The third kappa shape index (κ3) is 4.15. The second-order valence-corrected chi connectivity index (χ2v) is 7.55. The first-order valence-corrected chi connectivity index (χ1v) is 9.24. The van der Waals surface area contributed by atoms with Crippen molar-refractivity contribution in [2.75, 3.05) is 13.2 Å². The van der Waals surface area contributed by atoms with Gasteiger partial charge in [-0.25, -0.2) is 0 Å². The van der Waals surface area contributed by atoms with E-state index >= 15 is 0 Å². The molecule has 1 aliphatic heterocycles. The molecule has 0 radical (unpaired) electrons. The van der Waals surface area contributed by atoms with Gasteiger partial charge in [-0.2, -0.15) is 0 Å². The molecule has 1 amide bonds. The van der Waals surface area contributed by atoms with E-state index in [1.54, 1.807) is 0 Å². The molecule has 2 aliphatic rings. The van der Waals surface area contributed by atoms with Gasteiger partial charge in [0.1, 0.15) is 6.10 Å². The molecule has 1 aliphatic carbocycles. The molecule has 0 aromatic heterocycles. The van der Waals surface area contributed by atoms with Gasteiger partial charge in [-0.3, -0.25) is 9.59 Å². The Bertz CT molecular complexity index is 650. The van der Waals surface area contributed by atoms with Crippen molar-refractivity contribution in [2.24, 2.45) is 11.8 Å². The van der Waals surface area contributed by atoms with Gasteiger partial charge in [0.15, 0.2) is 0 Å². The van der Waals surface area contributed by atoms with Crippen LogP contribution in [0.5, 0.6) is 0 Å². The van der Waals surface area contributed by atoms with Crippen LogP contribution in [-0.2, 0) is 14.3 Å². The number of hydrogen-bond donors (Lipinski definition) is 1. The van der Waals surface area contributed by atoms with Crippen molar-refractivity contribution in [1.82, 2.24) is 4.90 Å². The van der Waals surface area contributed by atoms with E-state index < -0.39 is 11.9 Å². The van der Waals surface area contributed by atoms with Crippen molar-refractivity contribution in [1.29, 1.82) is 0 Å². The van der Waals surface area contributed by atoms with Gasteiger partial charge in [0, 0.05) is 10.9 Å². The lowest BCUT2D eigenvalue weighted by Gasteiger charge is -2.41. The minimum Gasteiger partial charge on any atom is -0.481 e. The number of benzene rings is 1. The molecular formula is C19H24ClNO4. The Morgan fingerprint density at radius 1 is 1.28 bits per heavy atom. The SMILES string of the molecule is CC1COC(c2cccc(Cl)c2)CN1C(=O)C1CCCC(C(=O)O)C1. The van der Waals surface area contributed by atoms with Crippen molar-refractivity contribution >= 4 is 23.5 Å². The Balaban J connectivity index is 1.71. The summed E-state index contributed by atoms with van der Waals surface area (Å²) in [5, 5.41) is 9.91. The maximum Gasteiger partial charge on any atom is 0.306 e. The Kier molecular flexibility index (Phi) is 5.64. The van der Waals surface area contributed by atoms with Crippen LogP contribution in [0.15, 0.2) is 24.3 Å². The molecular weight excluding hydrogens is 342 g/mol. The van der Waals surface area contributed by atoms with Crippen LogP contribution < -0.4 is 0 Å². The summed E-state index contributed by atoms with van der Waals surface area (Å²) >= 11 is 6.07. The van der Waals surface area contributed by atoms with Crippen LogP contribution in [0.2, 0.25) is 5.02 Å². The van der Waals surface area contributed by atoms with Gasteiger partial charge in [0.05, 0.1) is 25.1 Å². The molecule has 3 rings (SSSR count). The van der Waals surface area contributed by atoms with E-state index in [1.165, 1.54) is 0 Å². The van der Waals surface area contributed by atoms with Crippen LogP contribution in [0, 0.1) is 11.8 Å². The van der Waals surface area contributed by atoms with E-state index in [0.29, 0.717) is 31.0 Å². The third-order valence-electron chi connectivity index (χ3n) is 5.31. The molecule has 2 fully saturated rings. The quantitative estimate of drug-likeness (QED) is 0.889. The average molecular weight is 366 g/mol. The van der Waals surface area contributed by atoms with Gasteiger partial charge in [-0.1, -0.05) is 30.2 Å². The van der Waals surface area contributed by atoms with Crippen molar-refractivity contribution in [2.45, 2.75) is 44.8 Å². The fourth-order valence-electron chi connectivity index (χ4n) is 3.85. The summed E-state index contributed by atoms with van der Waals surface area (Å²) < 4.78 is 5.91. The second kappa shape index (κ2) is 7.75. The third-order valence-corrected chi connectivity index (χ3v) is 5.54. The van der Waals surface area contributed by atoms with E-state index in [9.17, 15) is 14.7 Å². The summed E-state index contributed by atoms with van der Waals surface area (Å²) in [6.07, 6.45) is 2.49. The molecule has 6 heteroatoms. The molecule has 1 N–H and O–H groups in total. The van der Waals surface area contributed by atoms with Crippen molar-refractivity contribution in [3.05, 3.63) is 34.9 Å². The fraction of sp³-hybridized carbons (Fsp3) is 0.579. The van der Waals surface area contributed by atoms with Crippen LogP contribution >= 0.6 is 11.6 Å². The summed E-state index contributed by atoms with van der Waals surface area (Å²) in [7, 11) is 0. The van der Waals surface area contributed by atoms with E-state index in [1.807, 2.05) is 36.1 Å². The Labute approximate surface area is 152 Å². The molecule has 1 aromatic carbocycles. The number of aliphatic carboxylic acids is 1. The number of nitrogens with zero attached hydrogens (tertiary/aromatic N) is 1. The van der Waals surface area contributed by atoms with Crippen molar-refractivity contribution < 1.29 is 19.4 Å². The first-order chi connectivity index (χ1) is 12.0. The van der Waals surface area contributed by atoms with Crippen LogP contribution in [-0.4, -0.2) is 41.1 Å². The number of carboxylic acids is 1. The molecule has 4 atom stereocenters. The van der Waals surface area contributed by atoms with Gasteiger partial charge >= 0.3 is 5.97 Å². The Morgan fingerprint density at radius 2 is 2.04 bits per heavy atom. The number of halogens is 1. The van der Waals surface area contributed by atoms with E-state index in [2.05, 4.69) is 0 Å². The molecule has 25 heavy (non-hydrogen) atoms. The standard InChI is InChI=1S/C19H24ClNO4/c1-12-11-25-17(13-4-3-7-16(20)9-13)10-21(12)18(22)14-5-2-6-15(8-14)19(23)24/h3-4,7,9,12,14-15,17H,2,5-6,8,10-11H2,1H3,(H,23,24). The molecule has 1 saturated heterocycles. The number of carbonyl (C=O) groups excluding carboxylic acids is 1. The summed E-state index contributed by atoms with van der Waals surface area (Å²) in [5.41, 5.74) is 0.962. The summed E-state index contributed by atoms with van der Waals surface area (Å²) in [4.78, 5) is 26.2. The first kappa shape index (κ1) is 18.2. The van der Waals surface area contributed by atoms with Gasteiger partial charge in [0.25, 0.3) is 0 Å². The highest BCUT2D eigenvalue weighted by Gasteiger charge is 2.37. The van der Waals surface area contributed by atoms with E-state index in [0.717, 1.165) is 18.4 Å². The van der Waals surface area contributed by atoms with Crippen LogP contribution in [0.25, 0.3) is 0 Å². The number of rotatable bonds is 3. The topological polar surface area (TPSA) is 66.8 Å². The highest BCUT2D eigenvalue weighted by atomic mass is 35.5. The molecule has 0 spiro atoms. The summed E-state index contributed by atoms with van der Waals surface area (Å²) in [6, 6.07) is 7.51. The monoisotopic (exact) mass is 365 g/mol. The maximum atomic E-state index is 13.0. The molecule has 1 saturated carbocycles. The molecule has 136 valence electrons. The minimum absolute atomic E-state index is 0.00635. The van der Waals surface area contributed by atoms with Crippen molar-refractivity contribution in [3.63, 3.8) is 0 Å². The predicted molar refractivity (Wildman–Crippen MR) is 94.4 cm³/mol. The lowest BCUT2D eigenvalue weighted by atomic mass is 9.80. The highest BCUT2D eigenvalue weighted by Crippen LogP contribution is 2.33. The number of carboxylic acid groups (broad SMARTS) is 1. The maximum absolute atomic E-state index is 13.0. The van der Waals surface area contributed by atoms with Crippen LogP contribution in [0.1, 0.15) is 44.3 Å². The second-order valence-electron chi connectivity index (χ2n) is 7.12. The zero-order chi connectivity index (χ0) is 18.0. The van der Waals surface area contributed by atoms with Gasteiger partial charge in [0.2, 0.25) is 5.91 Å². The smallest absolute Gasteiger partial charge is 0.306 e. The van der Waals surface area contributed by atoms with E-state index in [4.69, 9.17) is 16.3 Å². The number of ether oxygens (including phenoxy) is 1. The molecule has 5 nitrogen and oxygen atoms in total. The molecule has 0 bridgehead atoms. The minimum atomic E-state index is -0.788. The average Bonchev–Trinajstić information content (AvgIpc) is 2.61. The van der Waals surface area contributed by atoms with Gasteiger partial charge in [-0.05, 0) is 43.9 Å². The predicted octanol–water partition coefficient (Wildman–Crippen LogP) is 3.52. The molecule has 1 heterocycles. The first-order valence-electron chi connectivity index (χ1n) is 8.86. The summed E-state index contributed by atoms with van der Waals surface area (Å²) in [6.45, 7) is 2.93. The zero-order valence-electron chi connectivity index (χ0n) is 14.4.